The molecule has 0 saturated heterocycles. The molecule has 0 radical (unpaired) electrons. The predicted octanol–water partition coefficient (Wildman–Crippen LogP) is 3.70. The number of nitrogens with zero attached hydrogens (tertiary/aromatic N) is 1. The van der Waals surface area contributed by atoms with Crippen LogP contribution in [0.4, 0.5) is 0 Å². The molecule has 0 aromatic heterocycles. The largest absolute Gasteiger partial charge is 0.345 e. The van der Waals surface area contributed by atoms with E-state index in [0.717, 1.165) is 19.3 Å². The number of amides is 1. The SMILES string of the molecule is CCCCc1ccc(C2(NC(=O)CN(C)C)Cc3ccccc3C2)cc1. The van der Waals surface area contributed by atoms with E-state index in [1.807, 2.05) is 19.0 Å². The Hall–Kier alpha value is -2.13. The number of aryl methyl sites for hydroxylation is 1. The summed E-state index contributed by atoms with van der Waals surface area (Å²) in [6.45, 7) is 2.63. The molecule has 1 amide bonds. The minimum Gasteiger partial charge on any atom is -0.345 e. The maximum atomic E-state index is 12.6. The van der Waals surface area contributed by atoms with E-state index in [4.69, 9.17) is 0 Å². The van der Waals surface area contributed by atoms with Crippen LogP contribution in [0.2, 0.25) is 0 Å². The van der Waals surface area contributed by atoms with Gasteiger partial charge in [0.1, 0.15) is 0 Å². The van der Waals surface area contributed by atoms with E-state index in [2.05, 4.69) is 60.8 Å². The normalized spacial score (nSPS) is 15.1. The lowest BCUT2D eigenvalue weighted by Crippen LogP contribution is -2.49. The van der Waals surface area contributed by atoms with E-state index in [0.29, 0.717) is 6.54 Å². The Kier molecular flexibility index (Phi) is 5.77. The topological polar surface area (TPSA) is 32.3 Å². The van der Waals surface area contributed by atoms with Crippen molar-refractivity contribution in [1.29, 1.82) is 0 Å². The Morgan fingerprint density at radius 1 is 1.04 bits per heavy atom. The fourth-order valence-corrected chi connectivity index (χ4v) is 3.94. The highest BCUT2D eigenvalue weighted by atomic mass is 16.2. The Balaban J connectivity index is 1.88. The monoisotopic (exact) mass is 350 g/mol. The van der Waals surface area contributed by atoms with Crippen LogP contribution in [0.1, 0.15) is 42.0 Å². The van der Waals surface area contributed by atoms with Gasteiger partial charge in [-0.25, -0.2) is 0 Å². The average molecular weight is 351 g/mol. The molecule has 3 rings (SSSR count). The Morgan fingerprint density at radius 3 is 2.19 bits per heavy atom. The third-order valence-electron chi connectivity index (χ3n) is 5.27. The van der Waals surface area contributed by atoms with Gasteiger partial charge in [0.05, 0.1) is 12.1 Å². The van der Waals surface area contributed by atoms with E-state index in [9.17, 15) is 4.79 Å². The van der Waals surface area contributed by atoms with Crippen molar-refractivity contribution < 1.29 is 4.79 Å². The van der Waals surface area contributed by atoms with Crippen molar-refractivity contribution in [2.75, 3.05) is 20.6 Å². The van der Waals surface area contributed by atoms with Gasteiger partial charge in [0.2, 0.25) is 5.91 Å². The third kappa shape index (κ3) is 4.16. The van der Waals surface area contributed by atoms with Crippen molar-refractivity contribution in [2.45, 2.75) is 44.6 Å². The summed E-state index contributed by atoms with van der Waals surface area (Å²) in [6.07, 6.45) is 5.27. The maximum absolute atomic E-state index is 12.6. The molecule has 1 N–H and O–H groups in total. The van der Waals surface area contributed by atoms with Gasteiger partial charge in [-0.1, -0.05) is 61.9 Å². The van der Waals surface area contributed by atoms with Crippen LogP contribution in [0.25, 0.3) is 0 Å². The van der Waals surface area contributed by atoms with Crippen LogP contribution in [0, 0.1) is 0 Å². The van der Waals surface area contributed by atoms with Gasteiger partial charge in [-0.2, -0.15) is 0 Å². The molecule has 26 heavy (non-hydrogen) atoms. The number of hydrogen-bond acceptors (Lipinski definition) is 2. The zero-order valence-electron chi connectivity index (χ0n) is 16.2. The number of carbonyl (C=O) groups excluding carboxylic acids is 1. The summed E-state index contributed by atoms with van der Waals surface area (Å²) in [5, 5.41) is 3.37. The molecule has 0 heterocycles. The second-order valence-electron chi connectivity index (χ2n) is 7.79. The van der Waals surface area contributed by atoms with Gasteiger partial charge < -0.3 is 10.2 Å². The zero-order valence-corrected chi connectivity index (χ0v) is 16.2. The molecular formula is C23H30N2O. The Bertz CT molecular complexity index is 724. The first-order valence-electron chi connectivity index (χ1n) is 9.64. The minimum absolute atomic E-state index is 0.0814. The number of benzene rings is 2. The summed E-state index contributed by atoms with van der Waals surface area (Å²) in [6, 6.07) is 17.4. The van der Waals surface area contributed by atoms with Crippen molar-refractivity contribution in [1.82, 2.24) is 10.2 Å². The number of likely N-dealkylation sites (N-methyl/N-ethyl adjacent to an activating group) is 1. The molecule has 0 fully saturated rings. The van der Waals surface area contributed by atoms with Crippen LogP contribution >= 0.6 is 0 Å². The van der Waals surface area contributed by atoms with Crippen molar-refractivity contribution in [3.8, 4) is 0 Å². The highest BCUT2D eigenvalue weighted by Crippen LogP contribution is 2.38. The van der Waals surface area contributed by atoms with E-state index in [1.54, 1.807) is 0 Å². The van der Waals surface area contributed by atoms with Crippen LogP contribution in [-0.2, 0) is 29.6 Å². The van der Waals surface area contributed by atoms with Crippen LogP contribution in [-0.4, -0.2) is 31.4 Å². The lowest BCUT2D eigenvalue weighted by molar-refractivity contribution is -0.123. The molecule has 138 valence electrons. The summed E-state index contributed by atoms with van der Waals surface area (Å²) >= 11 is 0. The van der Waals surface area contributed by atoms with Crippen molar-refractivity contribution in [3.63, 3.8) is 0 Å². The third-order valence-corrected chi connectivity index (χ3v) is 5.27. The Labute approximate surface area is 157 Å². The van der Waals surface area contributed by atoms with Crippen LogP contribution in [0.15, 0.2) is 48.5 Å². The number of hydrogen-bond donors (Lipinski definition) is 1. The van der Waals surface area contributed by atoms with Crippen molar-refractivity contribution >= 4 is 5.91 Å². The van der Waals surface area contributed by atoms with Crippen LogP contribution < -0.4 is 5.32 Å². The van der Waals surface area contributed by atoms with E-state index in [-0.39, 0.29) is 11.4 Å². The number of unbranched alkanes of at least 4 members (excludes halogenated alkanes) is 1. The summed E-state index contributed by atoms with van der Waals surface area (Å²) in [7, 11) is 3.86. The van der Waals surface area contributed by atoms with Gasteiger partial charge in [0, 0.05) is 12.8 Å². The molecule has 1 aliphatic rings. The first-order valence-corrected chi connectivity index (χ1v) is 9.64. The first-order chi connectivity index (χ1) is 12.5. The quantitative estimate of drug-likeness (QED) is 0.826. The minimum atomic E-state index is -0.333. The summed E-state index contributed by atoms with van der Waals surface area (Å²) < 4.78 is 0. The Morgan fingerprint density at radius 2 is 1.65 bits per heavy atom. The van der Waals surface area contributed by atoms with Gasteiger partial charge in [-0.05, 0) is 49.2 Å². The summed E-state index contributed by atoms with van der Waals surface area (Å²) in [5.41, 5.74) is 4.93. The van der Waals surface area contributed by atoms with Gasteiger partial charge in [0.25, 0.3) is 0 Å². The number of carbonyl (C=O) groups is 1. The molecule has 0 atom stereocenters. The van der Waals surface area contributed by atoms with Crippen molar-refractivity contribution in [3.05, 3.63) is 70.8 Å². The molecule has 3 heteroatoms. The predicted molar refractivity (Wildman–Crippen MR) is 107 cm³/mol. The smallest absolute Gasteiger partial charge is 0.234 e. The van der Waals surface area contributed by atoms with Crippen molar-refractivity contribution in [2.24, 2.45) is 0 Å². The number of fused-ring (bicyclic) bond motifs is 1. The molecule has 0 saturated carbocycles. The van der Waals surface area contributed by atoms with Gasteiger partial charge in [-0.3, -0.25) is 4.79 Å². The molecule has 0 bridgehead atoms. The summed E-state index contributed by atoms with van der Waals surface area (Å²) in [5.74, 6) is 0.0814. The highest BCUT2D eigenvalue weighted by Gasteiger charge is 2.39. The first kappa shape index (κ1) is 18.7. The van der Waals surface area contributed by atoms with Gasteiger partial charge in [-0.15, -0.1) is 0 Å². The van der Waals surface area contributed by atoms with E-state index < -0.39 is 0 Å². The lowest BCUT2D eigenvalue weighted by atomic mass is 9.86. The molecule has 2 aromatic carbocycles. The number of rotatable bonds is 7. The summed E-state index contributed by atoms with van der Waals surface area (Å²) in [4.78, 5) is 14.5. The standard InChI is InChI=1S/C23H30N2O/c1-4-5-8-18-11-13-21(14-12-18)23(24-22(26)17-25(2)3)15-19-9-6-7-10-20(19)16-23/h6-7,9-14H,4-5,8,15-17H2,1-3H3,(H,24,26). The molecule has 0 aliphatic heterocycles. The number of nitrogens with one attached hydrogen (secondary N) is 1. The fraction of sp³-hybridized carbons (Fsp3) is 0.435. The molecule has 0 unspecified atom stereocenters. The molecule has 1 aliphatic carbocycles. The molecule has 3 nitrogen and oxygen atoms in total. The van der Waals surface area contributed by atoms with E-state index >= 15 is 0 Å². The lowest BCUT2D eigenvalue weighted by Gasteiger charge is -2.32. The maximum Gasteiger partial charge on any atom is 0.234 e. The second kappa shape index (κ2) is 8.05. The van der Waals surface area contributed by atoms with Crippen LogP contribution in [0.5, 0.6) is 0 Å². The molecular weight excluding hydrogens is 320 g/mol. The zero-order chi connectivity index (χ0) is 18.6. The highest BCUT2D eigenvalue weighted by molar-refractivity contribution is 5.79. The molecule has 0 spiro atoms. The fourth-order valence-electron chi connectivity index (χ4n) is 3.94. The van der Waals surface area contributed by atoms with Gasteiger partial charge >= 0.3 is 0 Å². The second-order valence-corrected chi connectivity index (χ2v) is 7.79. The average Bonchev–Trinajstić information content (AvgIpc) is 2.98. The molecule has 2 aromatic rings. The van der Waals surface area contributed by atoms with E-state index in [1.165, 1.54) is 35.1 Å². The van der Waals surface area contributed by atoms with Crippen LogP contribution in [0.3, 0.4) is 0 Å². The van der Waals surface area contributed by atoms with Gasteiger partial charge in [0.15, 0.2) is 0 Å².